The maximum absolute atomic E-state index is 9.68. The molecule has 0 saturated heterocycles. The number of aliphatic hydroxyl groups is 1. The van der Waals surface area contributed by atoms with Crippen molar-refractivity contribution in [1.29, 1.82) is 0 Å². The summed E-state index contributed by atoms with van der Waals surface area (Å²) in [6.45, 7) is 5.90. The molecule has 7 heteroatoms. The second-order valence-electron chi connectivity index (χ2n) is 7.49. The lowest BCUT2D eigenvalue weighted by Gasteiger charge is -2.11. The highest BCUT2D eigenvalue weighted by Gasteiger charge is 2.16. The Hall–Kier alpha value is -3.09. The lowest BCUT2D eigenvalue weighted by molar-refractivity contribution is 0.199. The molecule has 154 valence electrons. The average molecular weight is 423 g/mol. The Kier molecular flexibility index (Phi) is 5.37. The SMILES string of the molecule is CC(O)c1ccc(Oc2ccc(-c3cn(C(C)C)c4ncnc(N)c34)cc2)c(Cl)c1. The maximum Gasteiger partial charge on any atom is 0.146 e. The highest BCUT2D eigenvalue weighted by atomic mass is 35.5. The third-order valence-electron chi connectivity index (χ3n) is 5.03. The largest absolute Gasteiger partial charge is 0.456 e. The van der Waals surface area contributed by atoms with Crippen LogP contribution in [-0.4, -0.2) is 19.6 Å². The van der Waals surface area contributed by atoms with Gasteiger partial charge in [-0.2, -0.15) is 0 Å². The second-order valence-corrected chi connectivity index (χ2v) is 7.90. The first-order chi connectivity index (χ1) is 14.3. The van der Waals surface area contributed by atoms with Crippen LogP contribution in [0.15, 0.2) is 55.0 Å². The molecule has 2 aromatic carbocycles. The quantitative estimate of drug-likeness (QED) is 0.427. The van der Waals surface area contributed by atoms with Gasteiger partial charge in [-0.25, -0.2) is 9.97 Å². The number of nitrogens with zero attached hydrogens (tertiary/aromatic N) is 3. The summed E-state index contributed by atoms with van der Waals surface area (Å²) in [4.78, 5) is 8.59. The molecule has 0 aliphatic heterocycles. The number of fused-ring (bicyclic) bond motifs is 1. The Labute approximate surface area is 179 Å². The summed E-state index contributed by atoms with van der Waals surface area (Å²) in [6, 6.07) is 13.2. The number of anilines is 1. The molecule has 0 fully saturated rings. The molecule has 2 heterocycles. The van der Waals surface area contributed by atoms with Crippen molar-refractivity contribution in [1.82, 2.24) is 14.5 Å². The van der Waals surface area contributed by atoms with E-state index in [0.29, 0.717) is 22.3 Å². The first kappa shape index (κ1) is 20.2. The number of aliphatic hydroxyl groups excluding tert-OH is 1. The fourth-order valence-corrected chi connectivity index (χ4v) is 3.64. The zero-order chi connectivity index (χ0) is 21.4. The van der Waals surface area contributed by atoms with E-state index in [4.69, 9.17) is 22.1 Å². The molecule has 0 saturated carbocycles. The number of aromatic nitrogens is 3. The van der Waals surface area contributed by atoms with Crippen molar-refractivity contribution in [3.63, 3.8) is 0 Å². The van der Waals surface area contributed by atoms with E-state index in [0.717, 1.165) is 27.7 Å². The van der Waals surface area contributed by atoms with Gasteiger partial charge < -0.3 is 20.1 Å². The fraction of sp³-hybridized carbons (Fsp3) is 0.217. The molecule has 0 aliphatic carbocycles. The molecule has 1 unspecified atom stereocenters. The van der Waals surface area contributed by atoms with Gasteiger partial charge in [0.1, 0.15) is 29.3 Å². The van der Waals surface area contributed by atoms with Crippen molar-refractivity contribution in [3.8, 4) is 22.6 Å². The van der Waals surface area contributed by atoms with Crippen molar-refractivity contribution >= 4 is 28.5 Å². The van der Waals surface area contributed by atoms with Gasteiger partial charge in [0.15, 0.2) is 0 Å². The third kappa shape index (κ3) is 3.72. The van der Waals surface area contributed by atoms with Crippen molar-refractivity contribution in [2.45, 2.75) is 32.9 Å². The van der Waals surface area contributed by atoms with Crippen LogP contribution in [0.2, 0.25) is 5.02 Å². The summed E-state index contributed by atoms with van der Waals surface area (Å²) in [6.07, 6.45) is 2.96. The highest BCUT2D eigenvalue weighted by molar-refractivity contribution is 6.32. The summed E-state index contributed by atoms with van der Waals surface area (Å²) in [5.74, 6) is 1.64. The molecule has 6 nitrogen and oxygen atoms in total. The first-order valence-corrected chi connectivity index (χ1v) is 10.1. The maximum atomic E-state index is 9.68. The number of hydrogen-bond acceptors (Lipinski definition) is 5. The van der Waals surface area contributed by atoms with Crippen LogP contribution in [0, 0.1) is 0 Å². The number of nitrogens with two attached hydrogens (primary N) is 1. The summed E-state index contributed by atoms with van der Waals surface area (Å²) >= 11 is 6.30. The lowest BCUT2D eigenvalue weighted by atomic mass is 10.1. The van der Waals surface area contributed by atoms with Gasteiger partial charge in [0.05, 0.1) is 16.5 Å². The molecule has 0 amide bonds. The number of nitrogen functional groups attached to an aromatic ring is 1. The topological polar surface area (TPSA) is 86.2 Å². The van der Waals surface area contributed by atoms with Crippen LogP contribution in [0.1, 0.15) is 38.5 Å². The van der Waals surface area contributed by atoms with Crippen LogP contribution in [-0.2, 0) is 0 Å². The average Bonchev–Trinajstić information content (AvgIpc) is 3.11. The second kappa shape index (κ2) is 7.97. The molecule has 0 radical (unpaired) electrons. The van der Waals surface area contributed by atoms with Crippen LogP contribution < -0.4 is 10.5 Å². The Balaban J connectivity index is 1.67. The molecule has 4 aromatic rings. The van der Waals surface area contributed by atoms with Gasteiger partial charge in [-0.15, -0.1) is 0 Å². The summed E-state index contributed by atoms with van der Waals surface area (Å²) in [7, 11) is 0. The number of halogens is 1. The van der Waals surface area contributed by atoms with Crippen molar-refractivity contribution in [2.24, 2.45) is 0 Å². The van der Waals surface area contributed by atoms with Crippen molar-refractivity contribution in [3.05, 3.63) is 65.6 Å². The van der Waals surface area contributed by atoms with Gasteiger partial charge in [-0.3, -0.25) is 0 Å². The third-order valence-corrected chi connectivity index (χ3v) is 5.32. The molecule has 0 spiro atoms. The normalized spacial score (nSPS) is 12.5. The molecule has 0 bridgehead atoms. The minimum atomic E-state index is -0.583. The fourth-order valence-electron chi connectivity index (χ4n) is 3.41. The molecule has 4 rings (SSSR count). The van der Waals surface area contributed by atoms with Crippen LogP contribution in [0.3, 0.4) is 0 Å². The minimum absolute atomic E-state index is 0.241. The van der Waals surface area contributed by atoms with E-state index in [2.05, 4.69) is 34.6 Å². The molecule has 1 atom stereocenters. The molecule has 2 aromatic heterocycles. The van der Waals surface area contributed by atoms with Gasteiger partial charge in [0.25, 0.3) is 0 Å². The highest BCUT2D eigenvalue weighted by Crippen LogP contribution is 2.36. The smallest absolute Gasteiger partial charge is 0.146 e. The van der Waals surface area contributed by atoms with E-state index in [9.17, 15) is 5.11 Å². The standard InChI is InChI=1S/C23H23ClN4O2/c1-13(2)28-11-18(21-22(25)26-12-27-23(21)28)15-4-7-17(8-5-15)30-20-9-6-16(14(3)29)10-19(20)24/h4-14,29H,1-3H3,(H2,25,26,27). The van der Waals surface area contributed by atoms with Crippen LogP contribution in [0.5, 0.6) is 11.5 Å². The van der Waals surface area contributed by atoms with E-state index < -0.39 is 6.10 Å². The van der Waals surface area contributed by atoms with Gasteiger partial charge in [-0.1, -0.05) is 29.8 Å². The number of benzene rings is 2. The zero-order valence-corrected chi connectivity index (χ0v) is 17.8. The Bertz CT molecular complexity index is 1200. The van der Waals surface area contributed by atoms with Gasteiger partial charge in [0, 0.05) is 17.8 Å². The molecule has 3 N–H and O–H groups in total. The first-order valence-electron chi connectivity index (χ1n) is 9.72. The molecule has 0 aliphatic rings. The summed E-state index contributed by atoms with van der Waals surface area (Å²) < 4.78 is 8.02. The van der Waals surface area contributed by atoms with Crippen molar-refractivity contribution < 1.29 is 9.84 Å². The van der Waals surface area contributed by atoms with Crippen molar-refractivity contribution in [2.75, 3.05) is 5.73 Å². The zero-order valence-electron chi connectivity index (χ0n) is 17.0. The minimum Gasteiger partial charge on any atom is -0.456 e. The van der Waals surface area contributed by atoms with Gasteiger partial charge in [-0.05, 0) is 56.2 Å². The van der Waals surface area contributed by atoms with E-state index in [1.165, 1.54) is 6.33 Å². The van der Waals surface area contributed by atoms with Gasteiger partial charge in [0.2, 0.25) is 0 Å². The Morgan fingerprint density at radius 3 is 2.43 bits per heavy atom. The molecular formula is C23H23ClN4O2. The Morgan fingerprint density at radius 2 is 1.80 bits per heavy atom. The van der Waals surface area contributed by atoms with Crippen LogP contribution >= 0.6 is 11.6 Å². The van der Waals surface area contributed by atoms with E-state index in [1.54, 1.807) is 25.1 Å². The van der Waals surface area contributed by atoms with Gasteiger partial charge >= 0.3 is 0 Å². The van der Waals surface area contributed by atoms with E-state index in [1.807, 2.05) is 24.3 Å². The van der Waals surface area contributed by atoms with E-state index in [-0.39, 0.29) is 6.04 Å². The number of hydrogen-bond donors (Lipinski definition) is 2. The predicted octanol–water partition coefficient (Wildman–Crippen LogP) is 5.76. The molecule has 30 heavy (non-hydrogen) atoms. The Morgan fingerprint density at radius 1 is 1.07 bits per heavy atom. The summed E-state index contributed by atoms with van der Waals surface area (Å²) in [5, 5.41) is 11.0. The molecular weight excluding hydrogens is 400 g/mol. The monoisotopic (exact) mass is 422 g/mol. The predicted molar refractivity (Wildman–Crippen MR) is 120 cm³/mol. The summed E-state index contributed by atoms with van der Waals surface area (Å²) in [5.41, 5.74) is 9.69. The van der Waals surface area contributed by atoms with E-state index >= 15 is 0 Å². The lowest BCUT2D eigenvalue weighted by Crippen LogP contribution is -2.00. The number of rotatable bonds is 5. The number of ether oxygens (including phenoxy) is 1. The van der Waals surface area contributed by atoms with Crippen LogP contribution in [0.25, 0.3) is 22.2 Å². The van der Waals surface area contributed by atoms with Crippen LogP contribution in [0.4, 0.5) is 5.82 Å².